The lowest BCUT2D eigenvalue weighted by atomic mass is 10.3. The first-order chi connectivity index (χ1) is 13.1. The Kier molecular flexibility index (Phi) is 8.79. The zero-order valence-corrected chi connectivity index (χ0v) is 18.2. The van der Waals surface area contributed by atoms with E-state index in [1.165, 1.54) is 56.6 Å². The van der Waals surface area contributed by atoms with E-state index in [0.29, 0.717) is 0 Å². The molecular formula is C18H22ClFN2O5S2. The van der Waals surface area contributed by atoms with Crippen molar-refractivity contribution in [2.75, 3.05) is 26.4 Å². The molecule has 160 valence electrons. The van der Waals surface area contributed by atoms with Gasteiger partial charge in [0.25, 0.3) is 0 Å². The smallest absolute Gasteiger partial charge is 0.242 e. The van der Waals surface area contributed by atoms with Gasteiger partial charge in [-0.25, -0.2) is 25.5 Å². The Hall–Kier alpha value is -1.98. The molecule has 2 aromatic rings. The highest BCUT2D eigenvalue weighted by Gasteiger charge is 2.19. The van der Waals surface area contributed by atoms with Crippen LogP contribution in [0.1, 0.15) is 0 Å². The molecule has 11 heteroatoms. The van der Waals surface area contributed by atoms with Crippen LogP contribution in [0.2, 0.25) is 0 Å². The Morgan fingerprint density at radius 2 is 1.55 bits per heavy atom. The van der Waals surface area contributed by atoms with E-state index in [1.54, 1.807) is 6.07 Å². The quantitative estimate of drug-likeness (QED) is 0.643. The molecule has 2 rings (SSSR count). The molecule has 0 saturated heterocycles. The fourth-order valence-corrected chi connectivity index (χ4v) is 4.39. The predicted octanol–water partition coefficient (Wildman–Crippen LogP) is 2.74. The lowest BCUT2D eigenvalue weighted by molar-refractivity contribution is 0.477. The monoisotopic (exact) mass is 464 g/mol. The van der Waals surface area contributed by atoms with Crippen molar-refractivity contribution >= 4 is 32.3 Å². The topological polar surface area (TPSA) is 107 Å². The fourth-order valence-electron chi connectivity index (χ4n) is 2.23. The molecule has 0 amide bonds. The van der Waals surface area contributed by atoms with E-state index >= 15 is 0 Å². The summed E-state index contributed by atoms with van der Waals surface area (Å²) in [6.45, 7) is -0.100. The van der Waals surface area contributed by atoms with Gasteiger partial charge in [-0.05, 0) is 36.4 Å². The number of hydrogen-bond donors (Lipinski definition) is 1. The Morgan fingerprint density at radius 1 is 1.03 bits per heavy atom. The molecular weight excluding hydrogens is 443 g/mol. The van der Waals surface area contributed by atoms with Crippen molar-refractivity contribution in [2.24, 2.45) is 5.73 Å². The van der Waals surface area contributed by atoms with Crippen LogP contribution in [0.3, 0.4) is 0 Å². The van der Waals surface area contributed by atoms with Gasteiger partial charge in [-0.15, -0.1) is 12.4 Å². The maximum absolute atomic E-state index is 13.6. The Labute approximate surface area is 176 Å². The number of hydrogen-bond acceptors (Lipinski definition) is 6. The third-order valence-corrected chi connectivity index (χ3v) is 7.09. The standard InChI is InChI=1S/C18H21FN2O5S2.ClH/c1-21(2)28(24,25)18-8-4-6-16(12-18)26-15-5-3-7-17(11-15)27(22,23)13-14(19)9-10-20;/h3-9,11-12H,10,13,20H2,1-2H3;1H/b14-9-;. The van der Waals surface area contributed by atoms with Gasteiger partial charge in [-0.1, -0.05) is 12.1 Å². The zero-order valence-electron chi connectivity index (χ0n) is 15.8. The van der Waals surface area contributed by atoms with Crippen molar-refractivity contribution in [1.82, 2.24) is 4.31 Å². The maximum atomic E-state index is 13.6. The summed E-state index contributed by atoms with van der Waals surface area (Å²) in [6, 6.07) is 11.4. The van der Waals surface area contributed by atoms with Crippen molar-refractivity contribution in [3.63, 3.8) is 0 Å². The van der Waals surface area contributed by atoms with Gasteiger partial charge >= 0.3 is 0 Å². The molecule has 29 heavy (non-hydrogen) atoms. The highest BCUT2D eigenvalue weighted by atomic mass is 35.5. The van der Waals surface area contributed by atoms with Gasteiger partial charge in [0.15, 0.2) is 9.84 Å². The number of sulfonamides is 1. The summed E-state index contributed by atoms with van der Waals surface area (Å²) in [5.74, 6) is -1.25. The number of halogens is 2. The van der Waals surface area contributed by atoms with E-state index < -0.39 is 31.4 Å². The summed E-state index contributed by atoms with van der Waals surface area (Å²) in [5.41, 5.74) is 5.18. The van der Waals surface area contributed by atoms with Crippen LogP contribution in [-0.2, 0) is 19.9 Å². The maximum Gasteiger partial charge on any atom is 0.242 e. The van der Waals surface area contributed by atoms with Crippen LogP contribution in [0.4, 0.5) is 4.39 Å². The number of ether oxygens (including phenoxy) is 1. The number of nitrogens with zero attached hydrogens (tertiary/aromatic N) is 1. The third kappa shape index (κ3) is 6.51. The predicted molar refractivity (Wildman–Crippen MR) is 111 cm³/mol. The molecule has 7 nitrogen and oxygen atoms in total. The van der Waals surface area contributed by atoms with E-state index in [0.717, 1.165) is 10.4 Å². The summed E-state index contributed by atoms with van der Waals surface area (Å²) in [5, 5.41) is 0. The Morgan fingerprint density at radius 3 is 2.07 bits per heavy atom. The van der Waals surface area contributed by atoms with Crippen LogP contribution in [0.5, 0.6) is 11.5 Å². The SMILES string of the molecule is CN(C)S(=O)(=O)c1cccc(Oc2cccc(S(=O)(=O)C/C(F)=C/CN)c2)c1.Cl. The second kappa shape index (κ2) is 10.2. The van der Waals surface area contributed by atoms with E-state index in [2.05, 4.69) is 0 Å². The minimum Gasteiger partial charge on any atom is -0.457 e. The third-order valence-electron chi connectivity index (χ3n) is 3.65. The van der Waals surface area contributed by atoms with Gasteiger partial charge in [0.1, 0.15) is 23.1 Å². The molecule has 2 aromatic carbocycles. The van der Waals surface area contributed by atoms with Crippen LogP contribution in [0.15, 0.2) is 70.2 Å². The minimum absolute atomic E-state index is 0. The number of rotatable bonds is 8. The molecule has 0 heterocycles. The molecule has 0 spiro atoms. The van der Waals surface area contributed by atoms with Gasteiger partial charge < -0.3 is 10.5 Å². The summed E-state index contributed by atoms with van der Waals surface area (Å²) >= 11 is 0. The Balaban J connectivity index is 0.00000420. The van der Waals surface area contributed by atoms with Gasteiger partial charge in [0.05, 0.1) is 9.79 Å². The first kappa shape index (κ1) is 25.1. The van der Waals surface area contributed by atoms with Gasteiger partial charge in [0, 0.05) is 26.7 Å². The molecule has 0 bridgehead atoms. The first-order valence-electron chi connectivity index (χ1n) is 8.14. The van der Waals surface area contributed by atoms with Gasteiger partial charge in [0.2, 0.25) is 10.0 Å². The van der Waals surface area contributed by atoms with Crippen LogP contribution in [0.25, 0.3) is 0 Å². The van der Waals surface area contributed by atoms with E-state index in [4.69, 9.17) is 10.5 Å². The second-order valence-electron chi connectivity index (χ2n) is 5.98. The van der Waals surface area contributed by atoms with E-state index in [1.807, 2.05) is 0 Å². The van der Waals surface area contributed by atoms with Gasteiger partial charge in [-0.2, -0.15) is 0 Å². The summed E-state index contributed by atoms with van der Waals surface area (Å²) in [6.07, 6.45) is 0.995. The van der Waals surface area contributed by atoms with Crippen LogP contribution in [-0.4, -0.2) is 47.5 Å². The van der Waals surface area contributed by atoms with Crippen molar-refractivity contribution in [1.29, 1.82) is 0 Å². The molecule has 0 aliphatic heterocycles. The molecule has 0 aliphatic carbocycles. The highest BCUT2D eigenvalue weighted by Crippen LogP contribution is 2.27. The lowest BCUT2D eigenvalue weighted by Gasteiger charge is -2.13. The summed E-state index contributed by atoms with van der Waals surface area (Å²) < 4.78 is 69.3. The molecule has 0 radical (unpaired) electrons. The molecule has 0 aromatic heterocycles. The molecule has 0 unspecified atom stereocenters. The summed E-state index contributed by atoms with van der Waals surface area (Å²) in [4.78, 5) is -0.0876. The summed E-state index contributed by atoms with van der Waals surface area (Å²) in [7, 11) is -4.74. The second-order valence-corrected chi connectivity index (χ2v) is 10.1. The lowest BCUT2D eigenvalue weighted by Crippen LogP contribution is -2.22. The van der Waals surface area contributed by atoms with Crippen LogP contribution >= 0.6 is 12.4 Å². The normalized spacial score (nSPS) is 12.5. The van der Waals surface area contributed by atoms with Crippen molar-refractivity contribution in [2.45, 2.75) is 9.79 Å². The number of benzene rings is 2. The van der Waals surface area contributed by atoms with Crippen LogP contribution < -0.4 is 10.5 Å². The number of sulfone groups is 1. The van der Waals surface area contributed by atoms with Crippen molar-refractivity contribution < 1.29 is 26.0 Å². The Bertz CT molecular complexity index is 1090. The first-order valence-corrected chi connectivity index (χ1v) is 11.2. The van der Waals surface area contributed by atoms with Crippen molar-refractivity contribution in [3.8, 4) is 11.5 Å². The van der Waals surface area contributed by atoms with Crippen LogP contribution in [0, 0.1) is 0 Å². The van der Waals surface area contributed by atoms with Crippen molar-refractivity contribution in [3.05, 3.63) is 60.4 Å². The largest absolute Gasteiger partial charge is 0.457 e. The zero-order chi connectivity index (χ0) is 20.9. The fraction of sp³-hybridized carbons (Fsp3) is 0.222. The van der Waals surface area contributed by atoms with E-state index in [9.17, 15) is 21.2 Å². The van der Waals surface area contributed by atoms with Gasteiger partial charge in [-0.3, -0.25) is 0 Å². The molecule has 0 fully saturated rings. The number of nitrogens with two attached hydrogens (primary N) is 1. The molecule has 2 N–H and O–H groups in total. The van der Waals surface area contributed by atoms with E-state index in [-0.39, 0.29) is 40.2 Å². The minimum atomic E-state index is -3.92. The highest BCUT2D eigenvalue weighted by molar-refractivity contribution is 7.91. The average Bonchev–Trinajstić information content (AvgIpc) is 2.62. The molecule has 0 aliphatic rings. The average molecular weight is 465 g/mol. The molecule has 0 saturated carbocycles. The molecule has 0 atom stereocenters.